The van der Waals surface area contributed by atoms with Gasteiger partial charge in [-0.05, 0) is 24.3 Å². The average Bonchev–Trinajstić information content (AvgIpc) is 2.73. The zero-order chi connectivity index (χ0) is 11.2. The van der Waals surface area contributed by atoms with E-state index in [9.17, 15) is 0 Å². The van der Waals surface area contributed by atoms with Crippen molar-refractivity contribution in [3.63, 3.8) is 0 Å². The van der Waals surface area contributed by atoms with E-state index in [0.717, 1.165) is 27.6 Å². The Balaban J connectivity index is 2.28. The maximum Gasteiger partial charge on any atom is 0.248 e. The lowest BCUT2D eigenvalue weighted by atomic mass is 10.3. The molecule has 0 spiro atoms. The van der Waals surface area contributed by atoms with Crippen LogP contribution < -0.4 is 0 Å². The molecule has 4 nitrogen and oxygen atoms in total. The van der Waals surface area contributed by atoms with E-state index < -0.39 is 0 Å². The minimum absolute atomic E-state index is 0.539. The van der Waals surface area contributed by atoms with Crippen LogP contribution in [-0.2, 0) is 0 Å². The summed E-state index contributed by atoms with van der Waals surface area (Å²) in [4.78, 5) is 13.3. The van der Waals surface area contributed by atoms with Gasteiger partial charge in [0.1, 0.15) is 5.52 Å². The van der Waals surface area contributed by atoms with Crippen LogP contribution in [-0.4, -0.2) is 15.0 Å². The van der Waals surface area contributed by atoms with Crippen LogP contribution in [0.5, 0.6) is 0 Å². The fraction of sp³-hybridized carbons (Fsp3) is 0. The number of fused-ring (bicyclic) bond motifs is 4. The Hall–Kier alpha value is -2.49. The Kier molecular flexibility index (Phi) is 1.53. The first-order valence-corrected chi connectivity index (χ1v) is 5.32. The third-order valence-electron chi connectivity index (χ3n) is 2.74. The second kappa shape index (κ2) is 3.01. The topological polar surface area (TPSA) is 51.8 Å². The van der Waals surface area contributed by atoms with E-state index in [2.05, 4.69) is 15.0 Å². The molecule has 0 radical (unpaired) electrons. The van der Waals surface area contributed by atoms with Gasteiger partial charge in [0, 0.05) is 6.20 Å². The average molecular weight is 221 g/mol. The van der Waals surface area contributed by atoms with Gasteiger partial charge >= 0.3 is 0 Å². The molecule has 0 aliphatic rings. The molecule has 0 atom stereocenters. The molecule has 80 valence electrons. The van der Waals surface area contributed by atoms with E-state index in [1.54, 1.807) is 6.20 Å². The van der Waals surface area contributed by atoms with E-state index >= 15 is 0 Å². The molecule has 3 heterocycles. The van der Waals surface area contributed by atoms with Crippen LogP contribution in [0.2, 0.25) is 0 Å². The quantitative estimate of drug-likeness (QED) is 0.458. The van der Waals surface area contributed by atoms with Crippen molar-refractivity contribution in [1.29, 1.82) is 0 Å². The van der Waals surface area contributed by atoms with Crippen LogP contribution in [0.4, 0.5) is 0 Å². The summed E-state index contributed by atoms with van der Waals surface area (Å²) in [5, 5.41) is 0. The molecule has 0 aliphatic heterocycles. The number of benzene rings is 1. The standard InChI is InChI=1S/C13H7N3O/c1-2-5-9-8(4-1)15-12-11-10(6-3-7-14-11)17-13(12)16-9/h1-7H. The largest absolute Gasteiger partial charge is 0.435 e. The van der Waals surface area contributed by atoms with Gasteiger partial charge in [0.25, 0.3) is 0 Å². The molecule has 4 aromatic rings. The fourth-order valence-electron chi connectivity index (χ4n) is 1.96. The summed E-state index contributed by atoms with van der Waals surface area (Å²) in [6.07, 6.45) is 1.73. The lowest BCUT2D eigenvalue weighted by Gasteiger charge is -1.94. The number of furan rings is 1. The number of pyridine rings is 1. The van der Waals surface area contributed by atoms with Gasteiger partial charge in [0.05, 0.1) is 11.0 Å². The normalized spacial score (nSPS) is 11.5. The zero-order valence-corrected chi connectivity index (χ0v) is 8.79. The Labute approximate surface area is 95.9 Å². The summed E-state index contributed by atoms with van der Waals surface area (Å²) in [5.74, 6) is 0. The molecule has 4 rings (SSSR count). The molecule has 0 fully saturated rings. The number of nitrogens with zero attached hydrogens (tertiary/aromatic N) is 3. The Morgan fingerprint density at radius 2 is 1.65 bits per heavy atom. The van der Waals surface area contributed by atoms with Gasteiger partial charge in [-0.3, -0.25) is 4.98 Å². The molecular weight excluding hydrogens is 214 g/mol. The molecule has 0 unspecified atom stereocenters. The Morgan fingerprint density at radius 3 is 2.53 bits per heavy atom. The van der Waals surface area contributed by atoms with Gasteiger partial charge in [-0.2, -0.15) is 0 Å². The minimum Gasteiger partial charge on any atom is -0.435 e. The van der Waals surface area contributed by atoms with Crippen molar-refractivity contribution in [2.75, 3.05) is 0 Å². The van der Waals surface area contributed by atoms with Gasteiger partial charge in [0.15, 0.2) is 11.1 Å². The van der Waals surface area contributed by atoms with Gasteiger partial charge in [-0.25, -0.2) is 9.97 Å². The highest BCUT2D eigenvalue weighted by atomic mass is 16.3. The highest BCUT2D eigenvalue weighted by Crippen LogP contribution is 2.25. The minimum atomic E-state index is 0.539. The second-order valence-corrected chi connectivity index (χ2v) is 3.82. The molecular formula is C13H7N3O. The van der Waals surface area contributed by atoms with Crippen molar-refractivity contribution in [1.82, 2.24) is 15.0 Å². The van der Waals surface area contributed by atoms with Crippen LogP contribution in [0.25, 0.3) is 33.4 Å². The first-order chi connectivity index (χ1) is 8.42. The summed E-state index contributed by atoms with van der Waals surface area (Å²) < 4.78 is 5.62. The van der Waals surface area contributed by atoms with Gasteiger partial charge < -0.3 is 4.42 Å². The van der Waals surface area contributed by atoms with Gasteiger partial charge in [0.2, 0.25) is 5.71 Å². The third-order valence-corrected chi connectivity index (χ3v) is 2.74. The van der Waals surface area contributed by atoms with E-state index in [1.807, 2.05) is 36.4 Å². The molecule has 1 aromatic carbocycles. The number of rotatable bonds is 0. The van der Waals surface area contributed by atoms with Crippen LogP contribution in [0.15, 0.2) is 47.0 Å². The highest BCUT2D eigenvalue weighted by Gasteiger charge is 2.11. The van der Waals surface area contributed by atoms with Crippen molar-refractivity contribution in [3.05, 3.63) is 42.6 Å². The molecule has 17 heavy (non-hydrogen) atoms. The summed E-state index contributed by atoms with van der Waals surface area (Å²) in [6.45, 7) is 0. The van der Waals surface area contributed by atoms with Gasteiger partial charge in [-0.1, -0.05) is 12.1 Å². The van der Waals surface area contributed by atoms with Gasteiger partial charge in [-0.15, -0.1) is 0 Å². The Morgan fingerprint density at radius 1 is 0.824 bits per heavy atom. The van der Waals surface area contributed by atoms with Crippen molar-refractivity contribution in [2.45, 2.75) is 0 Å². The van der Waals surface area contributed by atoms with E-state index in [0.29, 0.717) is 5.71 Å². The highest BCUT2D eigenvalue weighted by molar-refractivity contribution is 6.00. The summed E-state index contributed by atoms with van der Waals surface area (Å²) in [7, 11) is 0. The molecule has 0 aliphatic carbocycles. The molecule has 0 saturated heterocycles. The lowest BCUT2D eigenvalue weighted by Crippen LogP contribution is -1.84. The smallest absolute Gasteiger partial charge is 0.248 e. The van der Waals surface area contributed by atoms with Crippen molar-refractivity contribution >= 4 is 33.4 Å². The molecule has 0 amide bonds. The van der Waals surface area contributed by atoms with E-state index in [4.69, 9.17) is 4.42 Å². The number of para-hydroxylation sites is 2. The fourth-order valence-corrected chi connectivity index (χ4v) is 1.96. The first kappa shape index (κ1) is 8.64. The number of hydrogen-bond donors (Lipinski definition) is 0. The van der Waals surface area contributed by atoms with Crippen molar-refractivity contribution in [2.24, 2.45) is 0 Å². The monoisotopic (exact) mass is 221 g/mol. The molecule has 4 heteroatoms. The number of hydrogen-bond acceptors (Lipinski definition) is 4. The van der Waals surface area contributed by atoms with Crippen LogP contribution in [0.3, 0.4) is 0 Å². The maximum atomic E-state index is 5.62. The van der Waals surface area contributed by atoms with Crippen LogP contribution in [0.1, 0.15) is 0 Å². The van der Waals surface area contributed by atoms with E-state index in [1.165, 1.54) is 0 Å². The Bertz CT molecular complexity index is 845. The molecule has 0 N–H and O–H groups in total. The lowest BCUT2D eigenvalue weighted by molar-refractivity contribution is 0.654. The first-order valence-electron chi connectivity index (χ1n) is 5.32. The predicted octanol–water partition coefficient (Wildman–Crippen LogP) is 2.92. The predicted molar refractivity (Wildman–Crippen MR) is 64.6 cm³/mol. The van der Waals surface area contributed by atoms with Crippen LogP contribution in [0, 0.1) is 0 Å². The molecule has 3 aromatic heterocycles. The van der Waals surface area contributed by atoms with Crippen molar-refractivity contribution in [3.8, 4) is 0 Å². The second-order valence-electron chi connectivity index (χ2n) is 3.82. The summed E-state index contributed by atoms with van der Waals surface area (Å²) >= 11 is 0. The zero-order valence-electron chi connectivity index (χ0n) is 8.79. The van der Waals surface area contributed by atoms with E-state index in [-0.39, 0.29) is 0 Å². The summed E-state index contributed by atoms with van der Waals surface area (Å²) in [6, 6.07) is 11.4. The van der Waals surface area contributed by atoms with Crippen molar-refractivity contribution < 1.29 is 4.42 Å². The molecule has 0 bridgehead atoms. The number of aromatic nitrogens is 3. The SMILES string of the molecule is c1ccc2nc3c(nc2c1)oc1cccnc13. The molecule has 0 saturated carbocycles. The van der Waals surface area contributed by atoms with Crippen LogP contribution >= 0.6 is 0 Å². The maximum absolute atomic E-state index is 5.62. The third kappa shape index (κ3) is 1.15. The summed E-state index contributed by atoms with van der Waals surface area (Å²) in [5.41, 5.74) is 4.43.